The fourth-order valence-electron chi connectivity index (χ4n) is 2.21. The summed E-state index contributed by atoms with van der Waals surface area (Å²) >= 11 is 0. The molecule has 1 amide bonds. The first-order chi connectivity index (χ1) is 11.8. The molecule has 26 heavy (non-hydrogen) atoms. The molecule has 7 nitrogen and oxygen atoms in total. The molecule has 0 aliphatic heterocycles. The molecule has 10 heteroatoms. The van der Waals surface area contributed by atoms with Crippen LogP contribution in [-0.4, -0.2) is 40.0 Å². The van der Waals surface area contributed by atoms with Gasteiger partial charge >= 0.3 is 18.2 Å². The molecule has 0 fully saturated rings. The van der Waals surface area contributed by atoms with Gasteiger partial charge in [0.15, 0.2) is 0 Å². The Hall–Kier alpha value is -2.83. The van der Waals surface area contributed by atoms with Gasteiger partial charge < -0.3 is 15.2 Å². The average Bonchev–Trinajstić information content (AvgIpc) is 2.86. The maximum Gasteiger partial charge on any atom is 0.490 e. The zero-order valence-corrected chi connectivity index (χ0v) is 14.3. The van der Waals surface area contributed by atoms with Gasteiger partial charge in [0.25, 0.3) is 0 Å². The van der Waals surface area contributed by atoms with E-state index in [9.17, 15) is 18.0 Å². The average molecular weight is 373 g/mol. The second-order valence-corrected chi connectivity index (χ2v) is 6.46. The molecular formula is C16H18F3N3O4. The molecule has 2 N–H and O–H groups in total. The van der Waals surface area contributed by atoms with Gasteiger partial charge in [-0.3, -0.25) is 0 Å². The van der Waals surface area contributed by atoms with Crippen molar-refractivity contribution in [3.05, 3.63) is 29.1 Å². The molecule has 1 aliphatic rings. The van der Waals surface area contributed by atoms with Crippen molar-refractivity contribution in [1.29, 1.82) is 5.26 Å². The van der Waals surface area contributed by atoms with Crippen LogP contribution in [0.3, 0.4) is 0 Å². The van der Waals surface area contributed by atoms with E-state index in [-0.39, 0.29) is 6.04 Å². The maximum atomic E-state index is 11.7. The van der Waals surface area contributed by atoms with Crippen LogP contribution in [0.4, 0.5) is 18.0 Å². The van der Waals surface area contributed by atoms with E-state index in [0.29, 0.717) is 18.5 Å². The summed E-state index contributed by atoms with van der Waals surface area (Å²) in [6, 6.07) is 3.95. The Bertz CT molecular complexity index is 721. The van der Waals surface area contributed by atoms with Crippen LogP contribution in [0.25, 0.3) is 0 Å². The van der Waals surface area contributed by atoms with E-state index in [1.807, 2.05) is 26.8 Å². The lowest BCUT2D eigenvalue weighted by Crippen LogP contribution is -2.39. The van der Waals surface area contributed by atoms with E-state index in [1.54, 1.807) is 6.20 Å². The molecule has 1 unspecified atom stereocenters. The van der Waals surface area contributed by atoms with Crippen molar-refractivity contribution in [3.63, 3.8) is 0 Å². The number of nitrogens with zero attached hydrogens (tertiary/aromatic N) is 2. The molecule has 0 saturated carbocycles. The number of rotatable bonds is 1. The number of carboxylic acid groups (broad SMARTS) is 1. The fourth-order valence-corrected chi connectivity index (χ4v) is 2.21. The summed E-state index contributed by atoms with van der Waals surface area (Å²) in [6.45, 7) is 5.48. The van der Waals surface area contributed by atoms with Crippen LogP contribution in [0.2, 0.25) is 0 Å². The Labute approximate surface area is 147 Å². The minimum atomic E-state index is -5.08. The van der Waals surface area contributed by atoms with Gasteiger partial charge in [0.2, 0.25) is 0 Å². The lowest BCUT2D eigenvalue weighted by Gasteiger charge is -2.21. The molecule has 142 valence electrons. The number of carbonyl (C=O) groups is 2. The van der Waals surface area contributed by atoms with Gasteiger partial charge in [0, 0.05) is 12.2 Å². The largest absolute Gasteiger partial charge is 0.490 e. The summed E-state index contributed by atoms with van der Waals surface area (Å²) in [4.78, 5) is 24.6. The van der Waals surface area contributed by atoms with Gasteiger partial charge in [0.1, 0.15) is 17.4 Å². The number of nitrogens with one attached hydrogen (secondary N) is 1. The molecule has 1 aromatic rings. The van der Waals surface area contributed by atoms with E-state index < -0.39 is 23.8 Å². The quantitative estimate of drug-likeness (QED) is 0.782. The lowest BCUT2D eigenvalue weighted by atomic mass is 10.1. The number of fused-ring (bicyclic) bond motifs is 1. The fraction of sp³-hybridized carbons (Fsp3) is 0.500. The van der Waals surface area contributed by atoms with Crippen LogP contribution in [-0.2, 0) is 22.4 Å². The number of carbonyl (C=O) groups excluding carboxylic acids is 1. The number of pyridine rings is 1. The van der Waals surface area contributed by atoms with E-state index in [2.05, 4.69) is 16.4 Å². The van der Waals surface area contributed by atoms with Gasteiger partial charge in [-0.2, -0.15) is 18.4 Å². The number of alkyl carbamates (subject to hydrolysis) is 1. The summed E-state index contributed by atoms with van der Waals surface area (Å²) in [5.41, 5.74) is 1.96. The first kappa shape index (κ1) is 21.2. The highest BCUT2D eigenvalue weighted by atomic mass is 19.4. The van der Waals surface area contributed by atoms with Crippen LogP contribution >= 0.6 is 0 Å². The molecule has 2 rings (SSSR count). The molecule has 0 bridgehead atoms. The normalized spacial score (nSPS) is 15.8. The summed E-state index contributed by atoms with van der Waals surface area (Å²) in [6.07, 6.45) is -2.53. The molecule has 0 radical (unpaired) electrons. The molecule has 1 heterocycles. The van der Waals surface area contributed by atoms with Crippen molar-refractivity contribution in [2.75, 3.05) is 0 Å². The van der Waals surface area contributed by atoms with Gasteiger partial charge in [-0.1, -0.05) is 0 Å². The molecular weight excluding hydrogens is 355 g/mol. The highest BCUT2D eigenvalue weighted by Crippen LogP contribution is 2.24. The predicted octanol–water partition coefficient (Wildman–Crippen LogP) is 2.58. The summed E-state index contributed by atoms with van der Waals surface area (Å²) in [7, 11) is 0. The Morgan fingerprint density at radius 1 is 1.35 bits per heavy atom. The zero-order valence-electron chi connectivity index (χ0n) is 14.3. The third kappa shape index (κ3) is 6.58. The number of alkyl halides is 3. The summed E-state index contributed by atoms with van der Waals surface area (Å²) < 4.78 is 37.0. The predicted molar refractivity (Wildman–Crippen MR) is 83.2 cm³/mol. The third-order valence-corrected chi connectivity index (χ3v) is 3.14. The third-order valence-electron chi connectivity index (χ3n) is 3.14. The molecule has 0 spiro atoms. The minimum absolute atomic E-state index is 0.0267. The van der Waals surface area contributed by atoms with Gasteiger partial charge in [-0.05, 0) is 50.8 Å². The number of halogens is 3. The Balaban J connectivity index is 0.000000412. The van der Waals surface area contributed by atoms with Crippen molar-refractivity contribution in [3.8, 4) is 6.07 Å². The first-order valence-corrected chi connectivity index (χ1v) is 7.50. The number of carboxylic acids is 1. The number of hydrogen-bond acceptors (Lipinski definition) is 5. The monoisotopic (exact) mass is 373 g/mol. The number of ether oxygens (including phenoxy) is 1. The first-order valence-electron chi connectivity index (χ1n) is 7.50. The van der Waals surface area contributed by atoms with E-state index in [0.717, 1.165) is 11.1 Å². The van der Waals surface area contributed by atoms with Crippen molar-refractivity contribution >= 4 is 12.1 Å². The molecule has 1 atom stereocenters. The van der Waals surface area contributed by atoms with E-state index in [4.69, 9.17) is 19.9 Å². The summed E-state index contributed by atoms with van der Waals surface area (Å²) in [5.74, 6) is -2.76. The van der Waals surface area contributed by atoms with E-state index in [1.165, 1.54) is 0 Å². The molecule has 1 aromatic heterocycles. The second kappa shape index (κ2) is 8.03. The van der Waals surface area contributed by atoms with Gasteiger partial charge in [-0.25, -0.2) is 14.6 Å². The number of nitriles is 1. The SMILES string of the molecule is CC(C)(C)OC(=O)NC1Cc2ccnc(C#N)c2C1.O=C(O)C(F)(F)F. The minimum Gasteiger partial charge on any atom is -0.475 e. The highest BCUT2D eigenvalue weighted by molar-refractivity contribution is 5.73. The smallest absolute Gasteiger partial charge is 0.475 e. The molecule has 0 aromatic carbocycles. The highest BCUT2D eigenvalue weighted by Gasteiger charge is 2.38. The second-order valence-electron chi connectivity index (χ2n) is 6.46. The van der Waals surface area contributed by atoms with E-state index >= 15 is 0 Å². The van der Waals surface area contributed by atoms with Crippen LogP contribution < -0.4 is 5.32 Å². The van der Waals surface area contributed by atoms with Gasteiger partial charge in [-0.15, -0.1) is 0 Å². The topological polar surface area (TPSA) is 112 Å². The van der Waals surface area contributed by atoms with Crippen LogP contribution in [0.15, 0.2) is 12.3 Å². The van der Waals surface area contributed by atoms with Crippen molar-refractivity contribution in [2.45, 2.75) is 51.4 Å². The number of hydrogen-bond donors (Lipinski definition) is 2. The lowest BCUT2D eigenvalue weighted by molar-refractivity contribution is -0.192. The Kier molecular flexibility index (Phi) is 6.55. The number of aromatic nitrogens is 1. The Morgan fingerprint density at radius 3 is 2.38 bits per heavy atom. The van der Waals surface area contributed by atoms with Gasteiger partial charge in [0.05, 0.1) is 0 Å². The maximum absolute atomic E-state index is 11.7. The van der Waals surface area contributed by atoms with Crippen molar-refractivity contribution < 1.29 is 32.6 Å². The van der Waals surface area contributed by atoms with Crippen LogP contribution in [0.5, 0.6) is 0 Å². The number of amides is 1. The van der Waals surface area contributed by atoms with Crippen molar-refractivity contribution in [2.24, 2.45) is 0 Å². The summed E-state index contributed by atoms with van der Waals surface area (Å²) in [5, 5.41) is 19.0. The number of aliphatic carboxylic acids is 1. The van der Waals surface area contributed by atoms with Crippen molar-refractivity contribution in [1.82, 2.24) is 10.3 Å². The molecule has 0 saturated heterocycles. The van der Waals surface area contributed by atoms with Crippen LogP contribution in [0, 0.1) is 11.3 Å². The zero-order chi connectivity index (χ0) is 20.1. The molecule has 1 aliphatic carbocycles. The Morgan fingerprint density at radius 2 is 1.92 bits per heavy atom. The standard InChI is InChI=1S/C14H17N3O2.C2HF3O2/c1-14(2,3)19-13(18)17-10-6-9-4-5-16-12(8-15)11(9)7-10;3-2(4,5)1(6)7/h4-5,10H,6-7H2,1-3H3,(H,17,18);(H,6,7). The van der Waals surface area contributed by atoms with Crippen LogP contribution in [0.1, 0.15) is 37.6 Å².